The van der Waals surface area contributed by atoms with Crippen molar-refractivity contribution < 1.29 is 4.79 Å². The van der Waals surface area contributed by atoms with Crippen molar-refractivity contribution in [3.05, 3.63) is 70.9 Å². The summed E-state index contributed by atoms with van der Waals surface area (Å²) in [5.41, 5.74) is 5.64. The first kappa shape index (κ1) is 14.0. The molecule has 4 nitrogen and oxygen atoms in total. The van der Waals surface area contributed by atoms with E-state index < -0.39 is 0 Å². The van der Waals surface area contributed by atoms with Crippen LogP contribution in [0.4, 0.5) is 0 Å². The molecule has 2 heterocycles. The highest BCUT2D eigenvalue weighted by atomic mass is 16.1. The quantitative estimate of drug-likeness (QED) is 0.694. The number of para-hydroxylation sites is 1. The third-order valence-corrected chi connectivity index (χ3v) is 4.45. The lowest BCUT2D eigenvalue weighted by atomic mass is 10.1. The number of hydrogen-bond acceptors (Lipinski definition) is 2. The Hall–Kier alpha value is -2.59. The Morgan fingerprint density at radius 1 is 1.09 bits per heavy atom. The highest BCUT2D eigenvalue weighted by Gasteiger charge is 2.13. The molecule has 0 radical (unpaired) electrons. The van der Waals surface area contributed by atoms with Crippen molar-refractivity contribution >= 4 is 16.8 Å². The minimum atomic E-state index is -0.000425. The Bertz CT molecular complexity index is 866. The molecule has 2 aromatic carbocycles. The maximum absolute atomic E-state index is 12.3. The number of aromatic amines is 1. The van der Waals surface area contributed by atoms with Crippen LogP contribution in [0.15, 0.2) is 48.7 Å². The number of fused-ring (bicyclic) bond motifs is 2. The molecular formula is C19H19N3O. The molecule has 116 valence electrons. The monoisotopic (exact) mass is 305 g/mol. The van der Waals surface area contributed by atoms with Gasteiger partial charge in [-0.05, 0) is 41.3 Å². The molecule has 1 aromatic heterocycles. The lowest BCUT2D eigenvalue weighted by Crippen LogP contribution is -2.25. The summed E-state index contributed by atoms with van der Waals surface area (Å²) in [6.07, 6.45) is 2.85. The average molecular weight is 305 g/mol. The Morgan fingerprint density at radius 3 is 2.91 bits per heavy atom. The summed E-state index contributed by atoms with van der Waals surface area (Å²) in [5.74, 6) is -0.000425. The SMILES string of the molecule is O=C(NCCc1c[nH]c2ccccc12)c1ccc2c(c1)CNC2. The van der Waals surface area contributed by atoms with Crippen LogP contribution in [0.1, 0.15) is 27.0 Å². The molecule has 0 spiro atoms. The van der Waals surface area contributed by atoms with E-state index in [4.69, 9.17) is 0 Å². The fourth-order valence-electron chi connectivity index (χ4n) is 3.19. The lowest BCUT2D eigenvalue weighted by Gasteiger charge is -2.06. The molecule has 0 saturated heterocycles. The average Bonchev–Trinajstić information content (AvgIpc) is 3.21. The number of carbonyl (C=O) groups is 1. The third kappa shape index (κ3) is 2.73. The normalized spacial score (nSPS) is 13.2. The van der Waals surface area contributed by atoms with E-state index in [0.717, 1.165) is 30.6 Å². The molecule has 0 saturated carbocycles. The van der Waals surface area contributed by atoms with E-state index >= 15 is 0 Å². The smallest absolute Gasteiger partial charge is 0.251 e. The van der Waals surface area contributed by atoms with Crippen molar-refractivity contribution in [2.75, 3.05) is 6.54 Å². The van der Waals surface area contributed by atoms with Gasteiger partial charge in [0.15, 0.2) is 0 Å². The molecule has 0 bridgehead atoms. The first-order valence-corrected chi connectivity index (χ1v) is 7.97. The van der Waals surface area contributed by atoms with Gasteiger partial charge in [-0.3, -0.25) is 4.79 Å². The second-order valence-electron chi connectivity index (χ2n) is 5.95. The highest BCUT2D eigenvalue weighted by Crippen LogP contribution is 2.18. The highest BCUT2D eigenvalue weighted by molar-refractivity contribution is 5.94. The number of hydrogen-bond donors (Lipinski definition) is 3. The molecular weight excluding hydrogens is 286 g/mol. The van der Waals surface area contributed by atoms with Crippen molar-refractivity contribution in [2.45, 2.75) is 19.5 Å². The van der Waals surface area contributed by atoms with Gasteiger partial charge in [0.1, 0.15) is 0 Å². The zero-order valence-electron chi connectivity index (χ0n) is 12.9. The number of rotatable bonds is 4. The summed E-state index contributed by atoms with van der Waals surface area (Å²) in [6.45, 7) is 2.39. The van der Waals surface area contributed by atoms with Gasteiger partial charge in [-0.15, -0.1) is 0 Å². The van der Waals surface area contributed by atoms with Crippen LogP contribution in [-0.2, 0) is 19.5 Å². The van der Waals surface area contributed by atoms with E-state index in [1.165, 1.54) is 22.1 Å². The molecule has 1 aliphatic rings. The lowest BCUT2D eigenvalue weighted by molar-refractivity contribution is 0.0954. The van der Waals surface area contributed by atoms with Crippen LogP contribution >= 0.6 is 0 Å². The fraction of sp³-hybridized carbons (Fsp3) is 0.211. The van der Waals surface area contributed by atoms with Crippen molar-refractivity contribution in [3.63, 3.8) is 0 Å². The van der Waals surface area contributed by atoms with Gasteiger partial charge in [0.2, 0.25) is 0 Å². The summed E-state index contributed by atoms with van der Waals surface area (Å²) in [5, 5.41) is 7.54. The number of amides is 1. The predicted molar refractivity (Wildman–Crippen MR) is 91.3 cm³/mol. The van der Waals surface area contributed by atoms with Crippen LogP contribution in [0.25, 0.3) is 10.9 Å². The maximum Gasteiger partial charge on any atom is 0.251 e. The third-order valence-electron chi connectivity index (χ3n) is 4.45. The van der Waals surface area contributed by atoms with E-state index in [0.29, 0.717) is 6.54 Å². The van der Waals surface area contributed by atoms with Gasteiger partial charge in [-0.2, -0.15) is 0 Å². The molecule has 23 heavy (non-hydrogen) atoms. The number of benzene rings is 2. The molecule has 0 aliphatic carbocycles. The van der Waals surface area contributed by atoms with Crippen LogP contribution in [0.3, 0.4) is 0 Å². The zero-order valence-corrected chi connectivity index (χ0v) is 12.9. The number of nitrogens with one attached hydrogen (secondary N) is 3. The standard InChI is InChI=1S/C19H19N3O/c23-19(13-5-6-14-10-20-11-16(14)9-13)21-8-7-15-12-22-18-4-2-1-3-17(15)18/h1-6,9,12,20,22H,7-8,10-11H2,(H,21,23). The van der Waals surface area contributed by atoms with E-state index in [2.05, 4.69) is 27.8 Å². The van der Waals surface area contributed by atoms with Crippen LogP contribution in [0.2, 0.25) is 0 Å². The van der Waals surface area contributed by atoms with Crippen LogP contribution in [0.5, 0.6) is 0 Å². The number of carbonyl (C=O) groups excluding carboxylic acids is 1. The topological polar surface area (TPSA) is 56.9 Å². The van der Waals surface area contributed by atoms with Gasteiger partial charge in [0.05, 0.1) is 0 Å². The van der Waals surface area contributed by atoms with Crippen LogP contribution in [-0.4, -0.2) is 17.4 Å². The van der Waals surface area contributed by atoms with Gasteiger partial charge in [-0.1, -0.05) is 24.3 Å². The summed E-state index contributed by atoms with van der Waals surface area (Å²) in [4.78, 5) is 15.6. The number of H-pyrrole nitrogens is 1. The van der Waals surface area contributed by atoms with Gasteiger partial charge >= 0.3 is 0 Å². The first-order chi connectivity index (χ1) is 11.3. The molecule has 4 heteroatoms. The Balaban J connectivity index is 1.40. The Morgan fingerprint density at radius 2 is 1.96 bits per heavy atom. The molecule has 1 amide bonds. The van der Waals surface area contributed by atoms with Crippen molar-refractivity contribution in [2.24, 2.45) is 0 Å². The summed E-state index contributed by atoms with van der Waals surface area (Å²) in [6, 6.07) is 14.2. The molecule has 0 fully saturated rings. The summed E-state index contributed by atoms with van der Waals surface area (Å²) in [7, 11) is 0. The van der Waals surface area contributed by atoms with Gasteiger partial charge in [-0.25, -0.2) is 0 Å². The van der Waals surface area contributed by atoms with Crippen LogP contribution < -0.4 is 10.6 Å². The Labute approximate surface area is 134 Å². The van der Waals surface area contributed by atoms with Crippen molar-refractivity contribution in [1.29, 1.82) is 0 Å². The molecule has 3 N–H and O–H groups in total. The summed E-state index contributed by atoms with van der Waals surface area (Å²) >= 11 is 0. The van der Waals surface area contributed by atoms with Gasteiger partial charge < -0.3 is 15.6 Å². The van der Waals surface area contributed by atoms with Gasteiger partial charge in [0.25, 0.3) is 5.91 Å². The molecule has 3 aromatic rings. The predicted octanol–water partition coefficient (Wildman–Crippen LogP) is 2.74. The van der Waals surface area contributed by atoms with Gasteiger partial charge in [0, 0.05) is 42.3 Å². The maximum atomic E-state index is 12.3. The van der Waals surface area contributed by atoms with Crippen molar-refractivity contribution in [3.8, 4) is 0 Å². The second kappa shape index (κ2) is 5.89. The summed E-state index contributed by atoms with van der Waals surface area (Å²) < 4.78 is 0. The molecule has 4 rings (SSSR count). The Kier molecular flexibility index (Phi) is 3.60. The molecule has 0 unspecified atom stereocenters. The molecule has 0 atom stereocenters. The van der Waals surface area contributed by atoms with E-state index in [1.54, 1.807) is 0 Å². The minimum absolute atomic E-state index is 0.000425. The molecule has 1 aliphatic heterocycles. The number of aromatic nitrogens is 1. The largest absolute Gasteiger partial charge is 0.361 e. The van der Waals surface area contributed by atoms with E-state index in [-0.39, 0.29) is 5.91 Å². The first-order valence-electron chi connectivity index (χ1n) is 7.97. The zero-order chi connectivity index (χ0) is 15.6. The van der Waals surface area contributed by atoms with Crippen molar-refractivity contribution in [1.82, 2.24) is 15.6 Å². The minimum Gasteiger partial charge on any atom is -0.361 e. The fourth-order valence-corrected chi connectivity index (χ4v) is 3.19. The van der Waals surface area contributed by atoms with E-state index in [9.17, 15) is 4.79 Å². The van der Waals surface area contributed by atoms with Crippen LogP contribution in [0, 0.1) is 0 Å². The van der Waals surface area contributed by atoms with E-state index in [1.807, 2.05) is 36.5 Å². The second-order valence-corrected chi connectivity index (χ2v) is 5.95.